The highest BCUT2D eigenvalue weighted by molar-refractivity contribution is 5.88. The first kappa shape index (κ1) is 11.6. The predicted molar refractivity (Wildman–Crippen MR) is 53.5 cm³/mol. The van der Waals surface area contributed by atoms with Gasteiger partial charge in [-0.15, -0.1) is 0 Å². The molecule has 0 bridgehead atoms. The van der Waals surface area contributed by atoms with E-state index in [0.29, 0.717) is 0 Å². The Labute approximate surface area is 95.4 Å². The second-order valence-electron chi connectivity index (χ2n) is 3.98. The number of carboxylic acids is 1. The van der Waals surface area contributed by atoms with E-state index in [9.17, 15) is 18.7 Å². The molecule has 0 amide bonds. The zero-order valence-electron chi connectivity index (χ0n) is 8.91. The molecule has 1 aromatic rings. The quantitative estimate of drug-likeness (QED) is 0.850. The summed E-state index contributed by atoms with van der Waals surface area (Å²) >= 11 is 0. The van der Waals surface area contributed by atoms with Crippen molar-refractivity contribution in [2.24, 2.45) is 0 Å². The number of phenols is 1. The molecular formula is C11H10F2O4. The number of phenolic OH excluding ortho intramolecular Hbond substituents is 1. The summed E-state index contributed by atoms with van der Waals surface area (Å²) in [5, 5.41) is 18.4. The minimum Gasteiger partial charge on any atom is -0.504 e. The average molecular weight is 244 g/mol. The Balaban J connectivity index is 2.48. The minimum atomic E-state index is -3.28. The summed E-state index contributed by atoms with van der Waals surface area (Å²) in [6, 6.07) is 3.51. The zero-order chi connectivity index (χ0) is 12.8. The van der Waals surface area contributed by atoms with E-state index in [-0.39, 0.29) is 17.1 Å². The van der Waals surface area contributed by atoms with Gasteiger partial charge < -0.3 is 14.9 Å². The standard InChI is InChI=1S/C11H10F2O4/c1-17-8-3-2-6(4-7(8)14)10(9(15)16)5-11(10,12)13/h2-4,14H,5H2,1H3,(H,15,16). The van der Waals surface area contributed by atoms with E-state index in [2.05, 4.69) is 0 Å². The van der Waals surface area contributed by atoms with E-state index in [4.69, 9.17) is 9.84 Å². The van der Waals surface area contributed by atoms with Gasteiger partial charge in [0.05, 0.1) is 7.11 Å². The molecule has 0 aliphatic heterocycles. The van der Waals surface area contributed by atoms with Gasteiger partial charge in [-0.05, 0) is 17.7 Å². The molecule has 2 N–H and O–H groups in total. The Morgan fingerprint density at radius 1 is 1.47 bits per heavy atom. The number of carboxylic acid groups (broad SMARTS) is 1. The molecular weight excluding hydrogens is 234 g/mol. The van der Waals surface area contributed by atoms with Crippen LogP contribution in [0.1, 0.15) is 12.0 Å². The molecule has 4 nitrogen and oxygen atoms in total. The van der Waals surface area contributed by atoms with Gasteiger partial charge in [0, 0.05) is 6.42 Å². The molecule has 1 fully saturated rings. The third-order valence-corrected chi connectivity index (χ3v) is 3.02. The van der Waals surface area contributed by atoms with Crippen molar-refractivity contribution in [3.63, 3.8) is 0 Å². The van der Waals surface area contributed by atoms with Crippen molar-refractivity contribution < 1.29 is 28.5 Å². The Bertz CT molecular complexity index is 486. The van der Waals surface area contributed by atoms with Crippen LogP contribution >= 0.6 is 0 Å². The number of hydrogen-bond donors (Lipinski definition) is 2. The Kier molecular flexibility index (Phi) is 2.27. The fourth-order valence-corrected chi connectivity index (χ4v) is 1.91. The summed E-state index contributed by atoms with van der Waals surface area (Å²) in [6.07, 6.45) is -0.749. The topological polar surface area (TPSA) is 66.8 Å². The number of methoxy groups -OCH3 is 1. The Morgan fingerprint density at radius 3 is 2.41 bits per heavy atom. The number of halogens is 2. The summed E-state index contributed by atoms with van der Waals surface area (Å²) in [7, 11) is 1.31. The maximum Gasteiger partial charge on any atom is 0.320 e. The first-order chi connectivity index (χ1) is 7.85. The van der Waals surface area contributed by atoms with Gasteiger partial charge in [0.15, 0.2) is 16.9 Å². The predicted octanol–water partition coefficient (Wildman–Crippen LogP) is 1.76. The number of carbonyl (C=O) groups is 1. The van der Waals surface area contributed by atoms with E-state index in [0.717, 1.165) is 6.07 Å². The normalized spacial score (nSPS) is 25.4. The number of hydrogen-bond acceptors (Lipinski definition) is 3. The van der Waals surface area contributed by atoms with Gasteiger partial charge in [-0.25, -0.2) is 8.78 Å². The van der Waals surface area contributed by atoms with Crippen molar-refractivity contribution in [2.45, 2.75) is 17.8 Å². The van der Waals surface area contributed by atoms with Crippen LogP contribution < -0.4 is 4.74 Å². The zero-order valence-corrected chi connectivity index (χ0v) is 8.91. The molecule has 1 aromatic carbocycles. The molecule has 2 rings (SSSR count). The number of benzene rings is 1. The van der Waals surface area contributed by atoms with Crippen molar-refractivity contribution >= 4 is 5.97 Å². The number of rotatable bonds is 3. The largest absolute Gasteiger partial charge is 0.504 e. The van der Waals surface area contributed by atoms with Crippen molar-refractivity contribution in [1.29, 1.82) is 0 Å². The van der Waals surface area contributed by atoms with E-state index in [1.54, 1.807) is 0 Å². The molecule has 1 aliphatic carbocycles. The maximum atomic E-state index is 13.2. The second kappa shape index (κ2) is 3.32. The van der Waals surface area contributed by atoms with Crippen LogP contribution in [0, 0.1) is 0 Å². The Morgan fingerprint density at radius 2 is 2.06 bits per heavy atom. The van der Waals surface area contributed by atoms with Crippen LogP contribution in [0.15, 0.2) is 18.2 Å². The van der Waals surface area contributed by atoms with Crippen molar-refractivity contribution in [2.75, 3.05) is 7.11 Å². The van der Waals surface area contributed by atoms with E-state index < -0.39 is 23.7 Å². The number of aliphatic carboxylic acids is 1. The van der Waals surface area contributed by atoms with Gasteiger partial charge in [0.1, 0.15) is 0 Å². The molecule has 1 unspecified atom stereocenters. The maximum absolute atomic E-state index is 13.2. The SMILES string of the molecule is COc1ccc(C2(C(=O)O)CC2(F)F)cc1O. The molecule has 0 spiro atoms. The van der Waals surface area contributed by atoms with Crippen molar-refractivity contribution in [3.05, 3.63) is 23.8 Å². The van der Waals surface area contributed by atoms with Crippen LogP contribution in [-0.2, 0) is 10.2 Å². The fraction of sp³-hybridized carbons (Fsp3) is 0.364. The van der Waals surface area contributed by atoms with Gasteiger partial charge in [-0.2, -0.15) is 0 Å². The highest BCUT2D eigenvalue weighted by atomic mass is 19.3. The lowest BCUT2D eigenvalue weighted by Crippen LogP contribution is -2.26. The molecule has 92 valence electrons. The molecule has 0 radical (unpaired) electrons. The summed E-state index contributed by atoms with van der Waals surface area (Å²) in [6.45, 7) is 0. The summed E-state index contributed by atoms with van der Waals surface area (Å²) in [5.41, 5.74) is -2.33. The van der Waals surface area contributed by atoms with Crippen LogP contribution in [0.3, 0.4) is 0 Å². The van der Waals surface area contributed by atoms with Crippen LogP contribution in [0.25, 0.3) is 0 Å². The lowest BCUT2D eigenvalue weighted by atomic mass is 9.95. The van der Waals surface area contributed by atoms with Gasteiger partial charge in [-0.1, -0.05) is 6.07 Å². The van der Waals surface area contributed by atoms with E-state index >= 15 is 0 Å². The van der Waals surface area contributed by atoms with Crippen LogP contribution in [0.5, 0.6) is 11.5 Å². The van der Waals surface area contributed by atoms with Crippen LogP contribution in [-0.4, -0.2) is 29.2 Å². The average Bonchev–Trinajstić information content (AvgIpc) is 2.83. The second-order valence-corrected chi connectivity index (χ2v) is 3.98. The molecule has 1 atom stereocenters. The first-order valence-electron chi connectivity index (χ1n) is 4.84. The third-order valence-electron chi connectivity index (χ3n) is 3.02. The van der Waals surface area contributed by atoms with Crippen molar-refractivity contribution in [1.82, 2.24) is 0 Å². The minimum absolute atomic E-state index is 0.109. The molecule has 1 aliphatic rings. The lowest BCUT2D eigenvalue weighted by molar-refractivity contribution is -0.142. The lowest BCUT2D eigenvalue weighted by Gasteiger charge is -2.13. The molecule has 17 heavy (non-hydrogen) atoms. The third kappa shape index (κ3) is 1.44. The summed E-state index contributed by atoms with van der Waals surface area (Å²) in [4.78, 5) is 11.0. The number of ether oxygens (including phenoxy) is 1. The molecule has 1 saturated carbocycles. The van der Waals surface area contributed by atoms with Gasteiger partial charge in [0.2, 0.25) is 0 Å². The fourth-order valence-electron chi connectivity index (χ4n) is 1.91. The van der Waals surface area contributed by atoms with E-state index in [1.165, 1.54) is 19.2 Å². The van der Waals surface area contributed by atoms with Gasteiger partial charge >= 0.3 is 5.97 Å². The molecule has 0 heterocycles. The molecule has 0 aromatic heterocycles. The van der Waals surface area contributed by atoms with E-state index in [1.807, 2.05) is 0 Å². The molecule has 0 saturated heterocycles. The van der Waals surface area contributed by atoms with Gasteiger partial charge in [0.25, 0.3) is 5.92 Å². The van der Waals surface area contributed by atoms with Gasteiger partial charge in [-0.3, -0.25) is 4.79 Å². The van der Waals surface area contributed by atoms with Crippen LogP contribution in [0.2, 0.25) is 0 Å². The monoisotopic (exact) mass is 244 g/mol. The highest BCUT2D eigenvalue weighted by Gasteiger charge is 2.77. The Hall–Kier alpha value is -1.85. The molecule has 6 heteroatoms. The van der Waals surface area contributed by atoms with Crippen molar-refractivity contribution in [3.8, 4) is 11.5 Å². The number of aromatic hydroxyl groups is 1. The first-order valence-corrected chi connectivity index (χ1v) is 4.84. The smallest absolute Gasteiger partial charge is 0.320 e. The highest BCUT2D eigenvalue weighted by Crippen LogP contribution is 2.62. The number of alkyl halides is 2. The van der Waals surface area contributed by atoms with Crippen LogP contribution in [0.4, 0.5) is 8.78 Å². The summed E-state index contributed by atoms with van der Waals surface area (Å²) in [5.74, 6) is -5.11. The summed E-state index contributed by atoms with van der Waals surface area (Å²) < 4.78 is 31.2.